The van der Waals surface area contributed by atoms with Crippen molar-refractivity contribution in [2.24, 2.45) is 0 Å². The summed E-state index contributed by atoms with van der Waals surface area (Å²) in [6, 6.07) is 2.78. The Balaban J connectivity index is 2.04. The van der Waals surface area contributed by atoms with E-state index in [9.17, 15) is 0 Å². The van der Waals surface area contributed by atoms with E-state index in [0.717, 1.165) is 50.4 Å². The normalized spacial score (nSPS) is 19.0. The SMILES string of the molecule is CCCc1cc(N(CCC)CC2CCCCN2)ncn1. The molecule has 0 spiro atoms. The van der Waals surface area contributed by atoms with Gasteiger partial charge in [0.2, 0.25) is 0 Å². The predicted octanol–water partition coefficient (Wildman–Crippen LogP) is 2.79. The number of aryl methyl sites for hydroxylation is 1. The number of aromatic nitrogens is 2. The summed E-state index contributed by atoms with van der Waals surface area (Å²) in [6.07, 6.45) is 9.00. The minimum Gasteiger partial charge on any atom is -0.355 e. The first kappa shape index (κ1) is 15.2. The number of hydrogen-bond acceptors (Lipinski definition) is 4. The molecule has 1 aromatic heterocycles. The van der Waals surface area contributed by atoms with Gasteiger partial charge >= 0.3 is 0 Å². The molecule has 0 bridgehead atoms. The van der Waals surface area contributed by atoms with Crippen LogP contribution in [0.2, 0.25) is 0 Å². The van der Waals surface area contributed by atoms with Gasteiger partial charge in [0, 0.05) is 30.9 Å². The van der Waals surface area contributed by atoms with Crippen molar-refractivity contribution in [3.63, 3.8) is 0 Å². The van der Waals surface area contributed by atoms with Crippen molar-refractivity contribution < 1.29 is 0 Å². The summed E-state index contributed by atoms with van der Waals surface area (Å²) in [5, 5.41) is 3.63. The third-order valence-electron chi connectivity index (χ3n) is 3.89. The van der Waals surface area contributed by atoms with Crippen LogP contribution in [0.5, 0.6) is 0 Å². The molecule has 0 radical (unpaired) electrons. The van der Waals surface area contributed by atoms with Crippen LogP contribution < -0.4 is 10.2 Å². The zero-order valence-corrected chi connectivity index (χ0v) is 12.9. The van der Waals surface area contributed by atoms with E-state index < -0.39 is 0 Å². The summed E-state index contributed by atoms with van der Waals surface area (Å²) in [6.45, 7) is 7.72. The highest BCUT2D eigenvalue weighted by atomic mass is 15.2. The van der Waals surface area contributed by atoms with Crippen LogP contribution in [-0.4, -0.2) is 35.6 Å². The Kier molecular flexibility index (Phi) is 6.25. The van der Waals surface area contributed by atoms with Gasteiger partial charge in [-0.05, 0) is 32.2 Å². The maximum Gasteiger partial charge on any atom is 0.132 e. The van der Waals surface area contributed by atoms with Crippen LogP contribution in [0.25, 0.3) is 0 Å². The van der Waals surface area contributed by atoms with Gasteiger partial charge in [0.1, 0.15) is 12.1 Å². The first-order valence-corrected chi connectivity index (χ1v) is 8.12. The second-order valence-electron chi connectivity index (χ2n) is 5.71. The Morgan fingerprint density at radius 1 is 1.25 bits per heavy atom. The lowest BCUT2D eigenvalue weighted by atomic mass is 10.0. The highest BCUT2D eigenvalue weighted by Crippen LogP contribution is 2.16. The molecule has 0 aliphatic carbocycles. The molecule has 1 aromatic rings. The van der Waals surface area contributed by atoms with Gasteiger partial charge in [-0.3, -0.25) is 0 Å². The number of nitrogens with one attached hydrogen (secondary N) is 1. The molecule has 1 aliphatic heterocycles. The molecule has 1 unspecified atom stereocenters. The van der Waals surface area contributed by atoms with Gasteiger partial charge in [-0.15, -0.1) is 0 Å². The summed E-state index contributed by atoms with van der Waals surface area (Å²) in [7, 11) is 0. The Bertz CT molecular complexity index is 388. The van der Waals surface area contributed by atoms with E-state index in [4.69, 9.17) is 0 Å². The zero-order valence-electron chi connectivity index (χ0n) is 12.9. The molecule has 112 valence electrons. The van der Waals surface area contributed by atoms with Crippen LogP contribution in [0, 0.1) is 0 Å². The Labute approximate surface area is 123 Å². The number of rotatable bonds is 7. The molecule has 0 amide bonds. The van der Waals surface area contributed by atoms with E-state index in [2.05, 4.69) is 40.1 Å². The zero-order chi connectivity index (χ0) is 14.2. The molecule has 1 N–H and O–H groups in total. The fourth-order valence-corrected chi connectivity index (χ4v) is 2.87. The molecule has 0 aromatic carbocycles. The van der Waals surface area contributed by atoms with Crippen molar-refractivity contribution >= 4 is 5.82 Å². The second-order valence-corrected chi connectivity index (χ2v) is 5.71. The van der Waals surface area contributed by atoms with Gasteiger partial charge in [-0.1, -0.05) is 26.7 Å². The standard InChI is InChI=1S/C16H28N4/c1-3-7-14-11-16(19-13-18-14)20(10-4-2)12-15-8-5-6-9-17-15/h11,13,15,17H,3-10,12H2,1-2H3. The van der Waals surface area contributed by atoms with Gasteiger partial charge < -0.3 is 10.2 Å². The molecule has 4 heteroatoms. The molecule has 2 rings (SSSR count). The van der Waals surface area contributed by atoms with Crippen molar-refractivity contribution in [1.82, 2.24) is 15.3 Å². The summed E-state index contributed by atoms with van der Waals surface area (Å²) in [4.78, 5) is 11.3. The third-order valence-corrected chi connectivity index (χ3v) is 3.89. The fourth-order valence-electron chi connectivity index (χ4n) is 2.87. The highest BCUT2D eigenvalue weighted by Gasteiger charge is 2.17. The lowest BCUT2D eigenvalue weighted by Gasteiger charge is -2.31. The van der Waals surface area contributed by atoms with Crippen LogP contribution in [-0.2, 0) is 6.42 Å². The number of nitrogens with zero attached hydrogens (tertiary/aromatic N) is 3. The van der Waals surface area contributed by atoms with Crippen LogP contribution in [0.3, 0.4) is 0 Å². The summed E-state index contributed by atoms with van der Waals surface area (Å²) in [5.74, 6) is 1.10. The number of anilines is 1. The molecule has 2 heterocycles. The van der Waals surface area contributed by atoms with Crippen LogP contribution >= 0.6 is 0 Å². The van der Waals surface area contributed by atoms with Crippen LogP contribution in [0.1, 0.15) is 51.6 Å². The van der Waals surface area contributed by atoms with Crippen molar-refractivity contribution in [1.29, 1.82) is 0 Å². The lowest BCUT2D eigenvalue weighted by Crippen LogP contribution is -2.44. The van der Waals surface area contributed by atoms with E-state index >= 15 is 0 Å². The maximum absolute atomic E-state index is 4.49. The minimum absolute atomic E-state index is 0.611. The van der Waals surface area contributed by atoms with Gasteiger partial charge in [0.05, 0.1) is 0 Å². The van der Waals surface area contributed by atoms with E-state index in [0.29, 0.717) is 6.04 Å². The van der Waals surface area contributed by atoms with Gasteiger partial charge in [-0.2, -0.15) is 0 Å². The largest absolute Gasteiger partial charge is 0.355 e. The van der Waals surface area contributed by atoms with Crippen molar-refractivity contribution in [2.45, 2.75) is 58.4 Å². The third kappa shape index (κ3) is 4.44. The second kappa shape index (κ2) is 8.20. The topological polar surface area (TPSA) is 41.0 Å². The van der Waals surface area contributed by atoms with Crippen LogP contribution in [0.4, 0.5) is 5.82 Å². The molecular formula is C16H28N4. The Hall–Kier alpha value is -1.16. The molecule has 1 atom stereocenters. The number of hydrogen-bond donors (Lipinski definition) is 1. The molecule has 1 fully saturated rings. The molecular weight excluding hydrogens is 248 g/mol. The fraction of sp³-hybridized carbons (Fsp3) is 0.750. The first-order valence-electron chi connectivity index (χ1n) is 8.12. The van der Waals surface area contributed by atoms with Crippen LogP contribution in [0.15, 0.2) is 12.4 Å². The quantitative estimate of drug-likeness (QED) is 0.831. The summed E-state index contributed by atoms with van der Waals surface area (Å²) in [5.41, 5.74) is 1.16. The van der Waals surface area contributed by atoms with Crippen molar-refractivity contribution in [3.8, 4) is 0 Å². The summed E-state index contributed by atoms with van der Waals surface area (Å²) < 4.78 is 0. The van der Waals surface area contributed by atoms with Crippen molar-refractivity contribution in [3.05, 3.63) is 18.1 Å². The predicted molar refractivity (Wildman–Crippen MR) is 84.2 cm³/mol. The van der Waals surface area contributed by atoms with E-state index in [1.54, 1.807) is 6.33 Å². The Morgan fingerprint density at radius 2 is 2.15 bits per heavy atom. The van der Waals surface area contributed by atoms with Crippen molar-refractivity contribution in [2.75, 3.05) is 24.5 Å². The van der Waals surface area contributed by atoms with Gasteiger partial charge in [0.25, 0.3) is 0 Å². The average molecular weight is 276 g/mol. The van der Waals surface area contributed by atoms with Gasteiger partial charge in [0.15, 0.2) is 0 Å². The summed E-state index contributed by atoms with van der Waals surface area (Å²) >= 11 is 0. The van der Waals surface area contributed by atoms with E-state index in [1.807, 2.05) is 0 Å². The lowest BCUT2D eigenvalue weighted by molar-refractivity contribution is 0.398. The molecule has 4 nitrogen and oxygen atoms in total. The average Bonchev–Trinajstić information content (AvgIpc) is 2.49. The first-order chi connectivity index (χ1) is 9.83. The Morgan fingerprint density at radius 3 is 2.85 bits per heavy atom. The maximum atomic E-state index is 4.49. The monoisotopic (exact) mass is 276 g/mol. The molecule has 20 heavy (non-hydrogen) atoms. The molecule has 1 saturated heterocycles. The molecule has 1 aliphatic rings. The van der Waals surface area contributed by atoms with E-state index in [1.165, 1.54) is 19.3 Å². The van der Waals surface area contributed by atoms with Gasteiger partial charge in [-0.25, -0.2) is 9.97 Å². The number of piperidine rings is 1. The molecule has 0 saturated carbocycles. The minimum atomic E-state index is 0.611. The van der Waals surface area contributed by atoms with E-state index in [-0.39, 0.29) is 0 Å². The smallest absolute Gasteiger partial charge is 0.132 e. The highest BCUT2D eigenvalue weighted by molar-refractivity contribution is 5.39.